The van der Waals surface area contributed by atoms with Gasteiger partial charge in [-0.15, -0.1) is 5.10 Å². The smallest absolute Gasteiger partial charge is 0.329 e. The summed E-state index contributed by atoms with van der Waals surface area (Å²) in [5.74, 6) is -0.441. The molecular weight excluding hydrogens is 508 g/mol. The summed E-state index contributed by atoms with van der Waals surface area (Å²) in [4.78, 5) is 33.2. The lowest BCUT2D eigenvalue weighted by molar-refractivity contribution is -0.137. The maximum absolute atomic E-state index is 13.6. The van der Waals surface area contributed by atoms with Gasteiger partial charge in [0, 0.05) is 31.4 Å². The first-order valence-corrected chi connectivity index (χ1v) is 13.9. The highest BCUT2D eigenvalue weighted by atomic mass is 16.5. The number of methoxy groups -OCH3 is 1. The maximum Gasteiger partial charge on any atom is 0.329 e. The van der Waals surface area contributed by atoms with E-state index in [4.69, 9.17) is 9.72 Å². The number of H-pyrrole nitrogens is 1. The number of fused-ring (bicyclic) bond motifs is 3. The molecule has 0 spiro atoms. The van der Waals surface area contributed by atoms with Gasteiger partial charge in [-0.3, -0.25) is 18.6 Å². The van der Waals surface area contributed by atoms with Crippen molar-refractivity contribution in [2.24, 2.45) is 7.05 Å². The van der Waals surface area contributed by atoms with Crippen LogP contribution in [-0.2, 0) is 18.4 Å². The Morgan fingerprint density at radius 1 is 1.23 bits per heavy atom. The molecule has 10 heteroatoms. The number of carboxylic acids is 1. The van der Waals surface area contributed by atoms with Gasteiger partial charge in [0.2, 0.25) is 5.88 Å². The lowest BCUT2D eigenvalue weighted by Gasteiger charge is -2.13. The number of nitrogens with zero attached hydrogens (tertiary/aromatic N) is 5. The van der Waals surface area contributed by atoms with Gasteiger partial charge in [0.05, 0.1) is 47.4 Å². The number of benzene rings is 1. The van der Waals surface area contributed by atoms with Crippen molar-refractivity contribution in [1.29, 1.82) is 0 Å². The van der Waals surface area contributed by atoms with Gasteiger partial charge in [-0.1, -0.05) is 44.0 Å². The van der Waals surface area contributed by atoms with Crippen LogP contribution in [0, 0.1) is 0 Å². The van der Waals surface area contributed by atoms with Gasteiger partial charge in [0.25, 0.3) is 0 Å². The Balaban J connectivity index is 1.67. The molecule has 0 amide bonds. The number of nitrogens with one attached hydrogen (secondary N) is 1. The molecule has 0 aliphatic heterocycles. The van der Waals surface area contributed by atoms with Crippen molar-refractivity contribution in [2.75, 3.05) is 7.11 Å². The minimum atomic E-state index is -0.821. The van der Waals surface area contributed by atoms with Gasteiger partial charge in [-0.05, 0) is 36.8 Å². The van der Waals surface area contributed by atoms with Crippen molar-refractivity contribution >= 4 is 28.0 Å². The number of aromatic amines is 1. The van der Waals surface area contributed by atoms with Gasteiger partial charge >= 0.3 is 11.7 Å². The molecule has 1 aromatic carbocycles. The summed E-state index contributed by atoms with van der Waals surface area (Å²) in [5.41, 5.74) is 6.75. The molecule has 1 saturated carbocycles. The quantitative estimate of drug-likeness (QED) is 0.268. The second-order valence-corrected chi connectivity index (χ2v) is 10.8. The van der Waals surface area contributed by atoms with Gasteiger partial charge in [-0.2, -0.15) is 0 Å². The molecule has 0 saturated heterocycles. The lowest BCUT2D eigenvalue weighted by Crippen LogP contribution is -2.24. The number of aliphatic carboxylic acids is 1. The molecule has 40 heavy (non-hydrogen) atoms. The van der Waals surface area contributed by atoms with Gasteiger partial charge < -0.3 is 14.8 Å². The normalized spacial score (nSPS) is 14.9. The molecular formula is C30H34N6O4. The van der Waals surface area contributed by atoms with Crippen molar-refractivity contribution in [3.63, 3.8) is 0 Å². The standard InChI is InChI=1S/C30H34N6O4/c1-5-35-16-21(29(33-35)40-4)26-24(19-12-10-18(11-13-19)17(2)14-23(37)38)25-27-22(15-31-28(25)32-26)34(3)30(39)36(27)20-8-6-7-9-20/h10-13,15-17,20H,5-9,14H2,1-4H3,(H,31,32)(H,37,38). The summed E-state index contributed by atoms with van der Waals surface area (Å²) in [6.07, 6.45) is 7.96. The number of hydrogen-bond donors (Lipinski definition) is 2. The largest absolute Gasteiger partial charge is 0.481 e. The summed E-state index contributed by atoms with van der Waals surface area (Å²) in [6.45, 7) is 4.63. The van der Waals surface area contributed by atoms with Crippen LogP contribution in [0.3, 0.4) is 0 Å². The monoisotopic (exact) mass is 542 g/mol. The molecule has 5 aromatic rings. The molecule has 4 heterocycles. The van der Waals surface area contributed by atoms with Crippen LogP contribution in [0.25, 0.3) is 44.5 Å². The summed E-state index contributed by atoms with van der Waals surface area (Å²) in [6, 6.07) is 8.17. The zero-order chi connectivity index (χ0) is 28.1. The van der Waals surface area contributed by atoms with E-state index in [0.717, 1.165) is 70.1 Å². The van der Waals surface area contributed by atoms with Crippen LogP contribution in [0.5, 0.6) is 5.88 Å². The Labute approximate surface area is 231 Å². The molecule has 0 radical (unpaired) electrons. The van der Waals surface area contributed by atoms with Gasteiger partial charge in [0.15, 0.2) is 0 Å². The zero-order valence-corrected chi connectivity index (χ0v) is 23.3. The van der Waals surface area contributed by atoms with E-state index in [1.54, 1.807) is 17.9 Å². The van der Waals surface area contributed by atoms with Crippen LogP contribution in [-0.4, -0.2) is 47.1 Å². The highest BCUT2D eigenvalue weighted by Gasteiger charge is 2.29. The van der Waals surface area contributed by atoms with Crippen LogP contribution < -0.4 is 10.4 Å². The number of aryl methyl sites for hydroxylation is 2. The third-order valence-corrected chi connectivity index (χ3v) is 8.32. The number of hydrogen-bond acceptors (Lipinski definition) is 5. The Kier molecular flexibility index (Phi) is 6.48. The van der Waals surface area contributed by atoms with Crippen LogP contribution in [0.1, 0.15) is 63.5 Å². The fourth-order valence-corrected chi connectivity index (χ4v) is 6.22. The highest BCUT2D eigenvalue weighted by Crippen LogP contribution is 2.44. The fraction of sp³-hybridized carbons (Fsp3) is 0.400. The van der Waals surface area contributed by atoms with Crippen LogP contribution in [0.15, 0.2) is 41.5 Å². The molecule has 10 nitrogen and oxygen atoms in total. The van der Waals surface area contributed by atoms with Crippen LogP contribution >= 0.6 is 0 Å². The first-order valence-electron chi connectivity index (χ1n) is 13.9. The van der Waals surface area contributed by atoms with E-state index in [-0.39, 0.29) is 24.1 Å². The summed E-state index contributed by atoms with van der Waals surface area (Å²) in [5, 5.41) is 14.8. The predicted molar refractivity (Wildman–Crippen MR) is 154 cm³/mol. The average molecular weight is 543 g/mol. The molecule has 6 rings (SSSR count). The Bertz CT molecular complexity index is 1780. The van der Waals surface area contributed by atoms with Crippen molar-refractivity contribution in [3.05, 3.63) is 52.7 Å². The molecule has 1 aliphatic rings. The third kappa shape index (κ3) is 4.09. The van der Waals surface area contributed by atoms with E-state index in [9.17, 15) is 14.7 Å². The zero-order valence-electron chi connectivity index (χ0n) is 23.3. The first-order chi connectivity index (χ1) is 19.3. The first kappa shape index (κ1) is 25.9. The van der Waals surface area contributed by atoms with Gasteiger partial charge in [0.1, 0.15) is 5.65 Å². The molecule has 0 bridgehead atoms. The van der Waals surface area contributed by atoms with Crippen molar-refractivity contribution in [2.45, 2.75) is 64.5 Å². The number of imidazole rings is 1. The Morgan fingerprint density at radius 2 is 1.95 bits per heavy atom. The number of carbonyl (C=O) groups is 1. The van der Waals surface area contributed by atoms with Gasteiger partial charge in [-0.25, -0.2) is 9.78 Å². The SMILES string of the molecule is CCn1cc(-c2[nH]c3ncc4c(c3c2-c2ccc(C(C)CC(=O)O)cc2)n(C2CCCC2)c(=O)n4C)c(OC)n1. The molecule has 1 atom stereocenters. The van der Waals surface area contributed by atoms with Crippen LogP contribution in [0.4, 0.5) is 0 Å². The van der Waals surface area contributed by atoms with Crippen molar-refractivity contribution < 1.29 is 14.6 Å². The van der Waals surface area contributed by atoms with E-state index in [0.29, 0.717) is 18.1 Å². The number of ether oxygens (including phenoxy) is 1. The number of pyridine rings is 1. The number of rotatable bonds is 8. The number of aromatic nitrogens is 6. The third-order valence-electron chi connectivity index (χ3n) is 8.32. The molecule has 208 valence electrons. The Hall–Kier alpha value is -4.34. The second-order valence-electron chi connectivity index (χ2n) is 10.8. The van der Waals surface area contributed by atoms with E-state index in [1.807, 2.05) is 60.6 Å². The Morgan fingerprint density at radius 3 is 2.60 bits per heavy atom. The molecule has 1 fully saturated rings. The van der Waals surface area contributed by atoms with E-state index in [2.05, 4.69) is 10.1 Å². The summed E-state index contributed by atoms with van der Waals surface area (Å²) in [7, 11) is 3.42. The topological polar surface area (TPSA) is 120 Å². The minimum Gasteiger partial charge on any atom is -0.481 e. The lowest BCUT2D eigenvalue weighted by atomic mass is 9.93. The molecule has 2 N–H and O–H groups in total. The van der Waals surface area contributed by atoms with E-state index < -0.39 is 5.97 Å². The number of carboxylic acid groups (broad SMARTS) is 1. The van der Waals surface area contributed by atoms with E-state index >= 15 is 0 Å². The summed E-state index contributed by atoms with van der Waals surface area (Å²) >= 11 is 0. The highest BCUT2D eigenvalue weighted by molar-refractivity contribution is 6.14. The summed E-state index contributed by atoms with van der Waals surface area (Å²) < 4.78 is 11.2. The minimum absolute atomic E-state index is 0.0286. The van der Waals surface area contributed by atoms with Crippen LogP contribution in [0.2, 0.25) is 0 Å². The molecule has 1 aliphatic carbocycles. The second kappa shape index (κ2) is 10.0. The van der Waals surface area contributed by atoms with E-state index in [1.165, 1.54) is 0 Å². The van der Waals surface area contributed by atoms with Crippen molar-refractivity contribution in [1.82, 2.24) is 28.9 Å². The molecule has 4 aromatic heterocycles. The predicted octanol–water partition coefficient (Wildman–Crippen LogP) is 5.47. The maximum atomic E-state index is 13.6. The molecule has 1 unspecified atom stereocenters. The average Bonchev–Trinajstić information content (AvgIpc) is 3.73. The van der Waals surface area contributed by atoms with Crippen molar-refractivity contribution in [3.8, 4) is 28.3 Å². The fourth-order valence-electron chi connectivity index (χ4n) is 6.22.